The molecule has 3 heterocycles. The summed E-state index contributed by atoms with van der Waals surface area (Å²) in [4.78, 5) is 24.0. The van der Waals surface area contributed by atoms with Gasteiger partial charge in [-0.3, -0.25) is 20.6 Å². The van der Waals surface area contributed by atoms with Crippen LogP contribution in [0.4, 0.5) is 17.3 Å². The molecule has 0 aromatic carbocycles. The average molecular weight is 325 g/mol. The Labute approximate surface area is 137 Å². The van der Waals surface area contributed by atoms with Crippen LogP contribution >= 0.6 is 0 Å². The van der Waals surface area contributed by atoms with Crippen molar-refractivity contribution in [2.24, 2.45) is 0 Å². The van der Waals surface area contributed by atoms with Gasteiger partial charge in [0.15, 0.2) is 11.6 Å². The monoisotopic (exact) mass is 325 g/mol. The summed E-state index contributed by atoms with van der Waals surface area (Å²) in [5.74, 6) is 1.04. The van der Waals surface area contributed by atoms with E-state index >= 15 is 0 Å². The van der Waals surface area contributed by atoms with Crippen molar-refractivity contribution in [3.05, 3.63) is 60.6 Å². The Morgan fingerprint density at radius 3 is 2.75 bits per heavy atom. The maximum atomic E-state index is 11.9. The van der Waals surface area contributed by atoms with Crippen molar-refractivity contribution in [1.82, 2.24) is 20.4 Å². The number of hydrazine groups is 1. The maximum absolute atomic E-state index is 11.9. The van der Waals surface area contributed by atoms with Crippen molar-refractivity contribution in [2.75, 3.05) is 16.5 Å². The Morgan fingerprint density at radius 2 is 2.00 bits per heavy atom. The van der Waals surface area contributed by atoms with Gasteiger partial charge in [0.1, 0.15) is 23.5 Å². The molecule has 0 radical (unpaired) electrons. The molecule has 0 atom stereocenters. The number of nitrogens with two attached hydrogens (primary N) is 1. The van der Waals surface area contributed by atoms with Gasteiger partial charge in [-0.15, -0.1) is 0 Å². The zero-order valence-corrected chi connectivity index (χ0v) is 12.6. The topological polar surface area (TPSA) is 131 Å². The molecule has 24 heavy (non-hydrogen) atoms. The van der Waals surface area contributed by atoms with Gasteiger partial charge in [-0.1, -0.05) is 6.07 Å². The van der Waals surface area contributed by atoms with E-state index in [0.717, 1.165) is 5.76 Å². The summed E-state index contributed by atoms with van der Waals surface area (Å²) in [5, 5.41) is 3.04. The molecular weight excluding hydrogens is 310 g/mol. The first-order valence-corrected chi connectivity index (χ1v) is 7.08. The molecule has 122 valence electrons. The third-order valence-electron chi connectivity index (χ3n) is 3.09. The van der Waals surface area contributed by atoms with E-state index in [-0.39, 0.29) is 17.2 Å². The number of carbonyl (C=O) groups is 1. The Balaban J connectivity index is 1.63. The van der Waals surface area contributed by atoms with Crippen molar-refractivity contribution in [3.8, 4) is 0 Å². The lowest BCUT2D eigenvalue weighted by Gasteiger charge is -2.12. The number of rotatable bonds is 6. The molecule has 3 aromatic rings. The molecule has 3 rings (SSSR count). The van der Waals surface area contributed by atoms with Crippen LogP contribution in [0.15, 0.2) is 53.5 Å². The molecule has 1 amide bonds. The van der Waals surface area contributed by atoms with Gasteiger partial charge >= 0.3 is 0 Å². The van der Waals surface area contributed by atoms with Crippen molar-refractivity contribution in [2.45, 2.75) is 6.54 Å². The van der Waals surface area contributed by atoms with Crippen LogP contribution in [0.1, 0.15) is 16.2 Å². The number of aromatic nitrogens is 3. The van der Waals surface area contributed by atoms with Gasteiger partial charge in [-0.2, -0.15) is 0 Å². The van der Waals surface area contributed by atoms with Crippen LogP contribution in [-0.4, -0.2) is 20.9 Å². The molecule has 9 heteroatoms. The van der Waals surface area contributed by atoms with E-state index in [0.29, 0.717) is 12.4 Å². The predicted molar refractivity (Wildman–Crippen MR) is 87.8 cm³/mol. The third-order valence-corrected chi connectivity index (χ3v) is 3.09. The lowest BCUT2D eigenvalue weighted by atomic mass is 10.3. The van der Waals surface area contributed by atoms with Crippen LogP contribution in [0.3, 0.4) is 0 Å². The Bertz CT molecular complexity index is 806. The van der Waals surface area contributed by atoms with E-state index in [1.807, 2.05) is 6.07 Å². The van der Waals surface area contributed by atoms with Crippen LogP contribution in [0.5, 0.6) is 0 Å². The van der Waals surface area contributed by atoms with Gasteiger partial charge in [0.05, 0.1) is 12.8 Å². The molecule has 5 N–H and O–H groups in total. The molecule has 0 bridgehead atoms. The first-order chi connectivity index (χ1) is 11.7. The van der Waals surface area contributed by atoms with Crippen LogP contribution in [0.2, 0.25) is 0 Å². The highest BCUT2D eigenvalue weighted by Gasteiger charge is 2.10. The van der Waals surface area contributed by atoms with Crippen LogP contribution in [0, 0.1) is 0 Å². The molecular formula is C15H15N7O2. The van der Waals surface area contributed by atoms with E-state index in [4.69, 9.17) is 10.2 Å². The fourth-order valence-electron chi connectivity index (χ4n) is 1.90. The molecule has 0 aliphatic heterocycles. The summed E-state index contributed by atoms with van der Waals surface area (Å²) >= 11 is 0. The SMILES string of the molecule is Nc1c(NCc2ccco2)ncnc1NNC(=O)c1ccccn1. The summed E-state index contributed by atoms with van der Waals surface area (Å²) < 4.78 is 5.23. The second-order valence-corrected chi connectivity index (χ2v) is 4.71. The fraction of sp³-hybridized carbons (Fsp3) is 0.0667. The van der Waals surface area contributed by atoms with Crippen LogP contribution < -0.4 is 21.9 Å². The van der Waals surface area contributed by atoms with E-state index < -0.39 is 5.91 Å². The number of pyridine rings is 1. The van der Waals surface area contributed by atoms with Gasteiger partial charge in [-0.25, -0.2) is 9.97 Å². The summed E-state index contributed by atoms with van der Waals surface area (Å²) in [6.45, 7) is 0.425. The highest BCUT2D eigenvalue weighted by Crippen LogP contribution is 2.22. The van der Waals surface area contributed by atoms with E-state index in [1.165, 1.54) is 12.5 Å². The first-order valence-electron chi connectivity index (χ1n) is 7.08. The molecule has 0 aliphatic carbocycles. The van der Waals surface area contributed by atoms with Gasteiger partial charge in [-0.05, 0) is 24.3 Å². The number of nitrogen functional groups attached to an aromatic ring is 1. The number of amides is 1. The number of carbonyl (C=O) groups excluding carboxylic acids is 1. The standard InChI is InChI=1S/C15H15N7O2/c16-12-13(18-8-10-4-3-7-24-10)19-9-20-14(12)21-22-15(23)11-5-1-2-6-17-11/h1-7,9H,8,16H2,(H,22,23)(H2,18,19,20,21). The summed E-state index contributed by atoms with van der Waals surface area (Å²) in [7, 11) is 0. The molecule has 0 fully saturated rings. The van der Waals surface area contributed by atoms with Gasteiger partial charge in [0.2, 0.25) is 0 Å². The molecule has 9 nitrogen and oxygen atoms in total. The Kier molecular flexibility index (Phi) is 4.52. The van der Waals surface area contributed by atoms with Gasteiger partial charge < -0.3 is 15.5 Å². The third kappa shape index (κ3) is 3.58. The second-order valence-electron chi connectivity index (χ2n) is 4.71. The lowest BCUT2D eigenvalue weighted by molar-refractivity contribution is 0.0957. The smallest absolute Gasteiger partial charge is 0.288 e. The van der Waals surface area contributed by atoms with Crippen molar-refractivity contribution in [3.63, 3.8) is 0 Å². The number of hydrogen-bond donors (Lipinski definition) is 4. The van der Waals surface area contributed by atoms with Crippen LogP contribution in [0.25, 0.3) is 0 Å². The van der Waals surface area contributed by atoms with E-state index in [1.54, 1.807) is 30.5 Å². The minimum absolute atomic E-state index is 0.269. The molecule has 0 saturated carbocycles. The highest BCUT2D eigenvalue weighted by atomic mass is 16.3. The zero-order chi connectivity index (χ0) is 16.8. The van der Waals surface area contributed by atoms with E-state index in [2.05, 4.69) is 31.1 Å². The largest absolute Gasteiger partial charge is 0.467 e. The molecule has 0 unspecified atom stereocenters. The minimum Gasteiger partial charge on any atom is -0.467 e. The Morgan fingerprint density at radius 1 is 1.12 bits per heavy atom. The number of anilines is 3. The number of nitrogens with one attached hydrogen (secondary N) is 3. The summed E-state index contributed by atoms with van der Waals surface area (Å²) in [6.07, 6.45) is 4.45. The fourth-order valence-corrected chi connectivity index (χ4v) is 1.90. The number of nitrogens with zero attached hydrogens (tertiary/aromatic N) is 3. The maximum Gasteiger partial charge on any atom is 0.288 e. The van der Waals surface area contributed by atoms with Gasteiger partial charge in [0.25, 0.3) is 5.91 Å². The van der Waals surface area contributed by atoms with Crippen molar-refractivity contribution < 1.29 is 9.21 Å². The molecule has 0 aliphatic rings. The van der Waals surface area contributed by atoms with E-state index in [9.17, 15) is 4.79 Å². The Hall–Kier alpha value is -3.62. The minimum atomic E-state index is -0.404. The summed E-state index contributed by atoms with van der Waals surface area (Å²) in [6, 6.07) is 8.66. The second kappa shape index (κ2) is 7.09. The quantitative estimate of drug-likeness (QED) is 0.500. The summed E-state index contributed by atoms with van der Waals surface area (Å²) in [5.41, 5.74) is 11.7. The van der Waals surface area contributed by atoms with Crippen molar-refractivity contribution in [1.29, 1.82) is 0 Å². The number of hydrogen-bond acceptors (Lipinski definition) is 8. The lowest BCUT2D eigenvalue weighted by Crippen LogP contribution is -2.31. The van der Waals surface area contributed by atoms with Gasteiger partial charge in [0, 0.05) is 6.20 Å². The van der Waals surface area contributed by atoms with Crippen molar-refractivity contribution >= 4 is 23.2 Å². The molecule has 0 saturated heterocycles. The first kappa shape index (κ1) is 15.3. The molecule has 3 aromatic heterocycles. The zero-order valence-electron chi connectivity index (χ0n) is 12.6. The highest BCUT2D eigenvalue weighted by molar-refractivity contribution is 5.93. The number of furan rings is 1. The average Bonchev–Trinajstić information content (AvgIpc) is 3.14. The molecule has 0 spiro atoms. The van der Waals surface area contributed by atoms with Crippen LogP contribution in [-0.2, 0) is 6.54 Å². The normalized spacial score (nSPS) is 10.2. The predicted octanol–water partition coefficient (Wildman–Crippen LogP) is 1.42.